The summed E-state index contributed by atoms with van der Waals surface area (Å²) in [5.74, 6) is 30.6. The van der Waals surface area contributed by atoms with Gasteiger partial charge in [0.05, 0.1) is 22.1 Å². The van der Waals surface area contributed by atoms with E-state index in [2.05, 4.69) is 241 Å². The van der Waals surface area contributed by atoms with Gasteiger partial charge in [0.1, 0.15) is 0 Å². The summed E-state index contributed by atoms with van der Waals surface area (Å²) in [5, 5.41) is 25.4. The van der Waals surface area contributed by atoms with Crippen LogP contribution < -0.4 is 9.97 Å². The van der Waals surface area contributed by atoms with Gasteiger partial charge in [0, 0.05) is 66.1 Å². The van der Waals surface area contributed by atoms with Crippen LogP contribution in [0.5, 0.6) is 0 Å². The Morgan fingerprint density at radius 1 is 0.186 bits per heavy atom. The molecule has 0 atom stereocenters. The largest absolute Gasteiger partial charge is 2.00 e. The van der Waals surface area contributed by atoms with E-state index in [1.54, 1.807) is 0 Å². The maximum atomic E-state index is 6.21. The molecule has 0 radical (unpaired) electrons. The second-order valence-corrected chi connectivity index (χ2v) is 25.0. The molecule has 5 heteroatoms. The van der Waals surface area contributed by atoms with Crippen molar-refractivity contribution in [1.82, 2.24) is 19.9 Å². The number of hydrogen-bond donors (Lipinski definition) is 0. The van der Waals surface area contributed by atoms with Crippen molar-refractivity contribution in [2.75, 3.05) is 0 Å². The van der Waals surface area contributed by atoms with Crippen molar-refractivity contribution in [2.45, 2.75) is 0 Å². The van der Waals surface area contributed by atoms with Crippen LogP contribution in [0.1, 0.15) is 44.5 Å². The van der Waals surface area contributed by atoms with Gasteiger partial charge in [0.25, 0.3) is 0 Å². The second kappa shape index (κ2) is 21.1. The smallest absolute Gasteiger partial charge is 0.655 e. The topological polar surface area (TPSA) is 54.0 Å². The molecule has 4 aromatic heterocycles. The summed E-state index contributed by atoms with van der Waals surface area (Å²) >= 11 is 0. The van der Waals surface area contributed by atoms with Crippen LogP contribution >= 0.6 is 0 Å². The normalized spacial score (nSPS) is 11.7. The molecule has 0 amide bonds. The minimum atomic E-state index is 0. The first-order chi connectivity index (χ1) is 47.7. The van der Waals surface area contributed by atoms with Gasteiger partial charge in [-0.15, -0.1) is 22.1 Å². The Balaban J connectivity index is 0.00000641. The summed E-state index contributed by atoms with van der Waals surface area (Å²) in [6, 6.07) is 94.1. The van der Waals surface area contributed by atoms with Crippen molar-refractivity contribution in [3.05, 3.63) is 311 Å². The Morgan fingerprint density at radius 3 is 0.588 bits per heavy atom. The van der Waals surface area contributed by atoms with Crippen LogP contribution in [-0.2, 0) is 19.5 Å². The number of rotatable bonds is 0. The molecular formula is C92H44N4Zn. The number of hydrogen-bond acceptors (Lipinski definition) is 2. The fraction of sp³-hybridized carbons (Fsp3) is 0. The molecule has 0 unspecified atom stereocenters. The maximum Gasteiger partial charge on any atom is 2.00 e. The van der Waals surface area contributed by atoms with E-state index in [0.717, 1.165) is 152 Å². The van der Waals surface area contributed by atoms with Gasteiger partial charge in [0.15, 0.2) is 0 Å². The number of aromatic nitrogens is 4. The third kappa shape index (κ3) is 7.91. The fourth-order valence-corrected chi connectivity index (χ4v) is 16.0. The average molecular weight is 1270 g/mol. The van der Waals surface area contributed by atoms with Crippen LogP contribution in [0.4, 0.5) is 0 Å². The van der Waals surface area contributed by atoms with Crippen molar-refractivity contribution < 1.29 is 19.5 Å². The molecule has 21 aromatic rings. The van der Waals surface area contributed by atoms with Crippen LogP contribution in [0.15, 0.2) is 267 Å². The molecule has 0 fully saturated rings. The molecule has 0 aliphatic heterocycles. The van der Waals surface area contributed by atoms with Crippen molar-refractivity contribution in [1.29, 1.82) is 0 Å². The first-order valence-electron chi connectivity index (χ1n) is 32.4. The van der Waals surface area contributed by atoms with Gasteiger partial charge >= 0.3 is 19.5 Å². The summed E-state index contributed by atoms with van der Waals surface area (Å²) in [6.45, 7) is 0. The molecule has 4 heterocycles. The molecule has 8 bridgehead atoms. The molecular weight excluding hydrogens is 1230 g/mol. The molecule has 0 saturated heterocycles. The third-order valence-corrected chi connectivity index (χ3v) is 19.9. The van der Waals surface area contributed by atoms with E-state index < -0.39 is 0 Å². The first-order valence-corrected chi connectivity index (χ1v) is 32.4. The maximum absolute atomic E-state index is 6.21. The van der Waals surface area contributed by atoms with Crippen molar-refractivity contribution in [3.8, 4) is 47.4 Å². The molecule has 21 rings (SSSR count). The number of benzene rings is 12. The minimum Gasteiger partial charge on any atom is -0.655 e. The van der Waals surface area contributed by atoms with E-state index >= 15 is 0 Å². The van der Waals surface area contributed by atoms with Crippen molar-refractivity contribution in [2.24, 2.45) is 0 Å². The quantitative estimate of drug-likeness (QED) is 0.112. The Morgan fingerprint density at radius 2 is 0.381 bits per heavy atom. The molecule has 97 heavy (non-hydrogen) atoms. The van der Waals surface area contributed by atoms with Crippen LogP contribution in [0, 0.1) is 47.4 Å². The van der Waals surface area contributed by atoms with Crippen LogP contribution in [0.25, 0.3) is 173 Å². The molecule has 0 aliphatic carbocycles. The Kier molecular flexibility index (Phi) is 11.9. The van der Waals surface area contributed by atoms with E-state index in [0.29, 0.717) is 66.4 Å². The van der Waals surface area contributed by atoms with Gasteiger partial charge in [-0.3, -0.25) is 0 Å². The average Bonchev–Trinajstić information content (AvgIpc) is 1.53. The van der Waals surface area contributed by atoms with Crippen LogP contribution in [0.3, 0.4) is 0 Å². The number of nitrogens with zero attached hydrogens (tertiary/aromatic N) is 4. The predicted octanol–water partition coefficient (Wildman–Crippen LogP) is 21.3. The monoisotopic (exact) mass is 1270 g/mol. The third-order valence-electron chi connectivity index (χ3n) is 19.9. The first kappa shape index (κ1) is 54.7. The van der Waals surface area contributed by atoms with Gasteiger partial charge in [-0.2, -0.15) is 0 Å². The summed E-state index contributed by atoms with van der Waals surface area (Å²) in [7, 11) is 0. The SMILES string of the molecule is C(#Cc1c2nc(c(C#Cc3ccccc3)c3[n-]c(c(C#Cc4ccccc4)c4nc(c(C#Cc5ccccc5)c5[n-]c1c1c6cccc7cccc(c76)c51)c1c5cccc6cccc(c65)c41)c1c4cccc5cccc(c54)c31)c1c3cccc4cccc(c43)c21)c1ccccc1.[Zn+2]. The molecule has 434 valence electrons. The zero-order valence-electron chi connectivity index (χ0n) is 51.9. The molecule has 0 N–H and O–H groups in total. The molecule has 0 spiro atoms. The van der Waals surface area contributed by atoms with Crippen LogP contribution in [0.2, 0.25) is 0 Å². The van der Waals surface area contributed by atoms with Gasteiger partial charge in [0.2, 0.25) is 0 Å². The summed E-state index contributed by atoms with van der Waals surface area (Å²) in [6.07, 6.45) is 0. The van der Waals surface area contributed by atoms with Crippen molar-refractivity contribution >= 4 is 173 Å². The van der Waals surface area contributed by atoms with E-state index in [1.165, 1.54) is 0 Å². The standard InChI is InChI=1S/C92H44N4.Zn/c1-5-21-53(22-6-1)45-49-69-85-77-61-37-13-29-57-31-15-39-63(73(57)61)79(77)87(93-85)70(50-46-54-23-7-2-8-24-54)89-81-65-41-17-33-59-35-19-43-67(75(59)65)83(81)91(95-89)72(52-48-56-27-11-4-12-28-56)92-84-68-44-20-36-60-34-18-42-66(76(60)68)82(84)90(96-92)71(51-47-55-25-9-3-10-26-55)88-80-64-40-16-32-58-30-14-38-62(74(58)64)78(80)86(69)94-88;/h1-44H;/q-2;+2. The zero-order chi connectivity index (χ0) is 62.7. The summed E-state index contributed by atoms with van der Waals surface area (Å²) in [5.41, 5.74) is 11.8. The van der Waals surface area contributed by atoms with E-state index in [1.807, 2.05) is 72.8 Å². The van der Waals surface area contributed by atoms with Crippen LogP contribution in [-0.4, -0.2) is 9.97 Å². The van der Waals surface area contributed by atoms with E-state index in [-0.39, 0.29) is 19.5 Å². The van der Waals surface area contributed by atoms with Gasteiger partial charge in [-0.1, -0.05) is 266 Å². The minimum absolute atomic E-state index is 0. The second-order valence-electron chi connectivity index (χ2n) is 25.0. The van der Waals surface area contributed by atoms with Gasteiger partial charge in [-0.25, -0.2) is 9.97 Å². The molecule has 17 aromatic carbocycles. The Bertz CT molecular complexity index is 6130. The fourth-order valence-electron chi connectivity index (χ4n) is 16.0. The van der Waals surface area contributed by atoms with Gasteiger partial charge < -0.3 is 9.97 Å². The van der Waals surface area contributed by atoms with E-state index in [9.17, 15) is 0 Å². The molecule has 0 saturated carbocycles. The van der Waals surface area contributed by atoms with Gasteiger partial charge in [-0.05, 0) is 156 Å². The summed E-state index contributed by atoms with van der Waals surface area (Å²) < 4.78 is 0. The van der Waals surface area contributed by atoms with Crippen molar-refractivity contribution in [3.63, 3.8) is 0 Å². The molecule has 4 nitrogen and oxygen atoms in total. The zero-order valence-corrected chi connectivity index (χ0v) is 54.9. The molecule has 0 aliphatic rings. The Labute approximate surface area is 567 Å². The van der Waals surface area contributed by atoms with E-state index in [4.69, 9.17) is 19.9 Å². The predicted molar refractivity (Wildman–Crippen MR) is 401 cm³/mol. The summed E-state index contributed by atoms with van der Waals surface area (Å²) in [4.78, 5) is 24.8. The Hall–Kier alpha value is -12.9.